The summed E-state index contributed by atoms with van der Waals surface area (Å²) >= 11 is 1.20. The van der Waals surface area contributed by atoms with E-state index in [4.69, 9.17) is 9.47 Å². The molecule has 0 saturated heterocycles. The van der Waals surface area contributed by atoms with Crippen LogP contribution in [0.2, 0.25) is 0 Å². The summed E-state index contributed by atoms with van der Waals surface area (Å²) in [6, 6.07) is 13.3. The molecule has 0 bridgehead atoms. The molecule has 10 nitrogen and oxygen atoms in total. The number of anilines is 1. The molecule has 0 fully saturated rings. The van der Waals surface area contributed by atoms with Crippen LogP contribution in [0.5, 0.6) is 5.75 Å². The van der Waals surface area contributed by atoms with Gasteiger partial charge in [-0.3, -0.25) is 9.59 Å². The van der Waals surface area contributed by atoms with Gasteiger partial charge in [-0.25, -0.2) is 4.79 Å². The molecule has 3 aromatic rings. The van der Waals surface area contributed by atoms with Gasteiger partial charge in [-0.1, -0.05) is 23.9 Å². The van der Waals surface area contributed by atoms with E-state index in [1.807, 2.05) is 0 Å². The molecule has 3 rings (SSSR count). The van der Waals surface area contributed by atoms with Crippen LogP contribution in [-0.2, 0) is 22.6 Å². The van der Waals surface area contributed by atoms with Crippen LogP contribution in [0.4, 0.5) is 5.69 Å². The first-order valence-corrected chi connectivity index (χ1v) is 12.5. The Kier molecular flexibility index (Phi) is 9.84. The van der Waals surface area contributed by atoms with Gasteiger partial charge < -0.3 is 24.7 Å². The number of allylic oxidation sites excluding steroid dienone is 1. The highest BCUT2D eigenvalue weighted by molar-refractivity contribution is 7.99. The van der Waals surface area contributed by atoms with Gasteiger partial charge in [0.25, 0.3) is 5.91 Å². The minimum atomic E-state index is -0.454. The van der Waals surface area contributed by atoms with Gasteiger partial charge in [0.2, 0.25) is 5.91 Å². The Morgan fingerprint density at radius 2 is 1.86 bits per heavy atom. The topological polar surface area (TPSA) is 124 Å². The zero-order valence-electron chi connectivity index (χ0n) is 20.9. The second kappa shape index (κ2) is 13.3. The van der Waals surface area contributed by atoms with Gasteiger partial charge in [-0.05, 0) is 56.3 Å². The summed E-state index contributed by atoms with van der Waals surface area (Å²) in [6.45, 7) is 7.86. The predicted molar refractivity (Wildman–Crippen MR) is 141 cm³/mol. The van der Waals surface area contributed by atoms with E-state index < -0.39 is 5.97 Å². The number of thioether (sulfide) groups is 1. The molecule has 0 radical (unpaired) electrons. The average molecular weight is 524 g/mol. The highest BCUT2D eigenvalue weighted by Gasteiger charge is 2.16. The van der Waals surface area contributed by atoms with Crippen molar-refractivity contribution in [3.05, 3.63) is 78.1 Å². The van der Waals surface area contributed by atoms with Gasteiger partial charge in [-0.2, -0.15) is 0 Å². The fourth-order valence-corrected chi connectivity index (χ4v) is 3.97. The summed E-state index contributed by atoms with van der Waals surface area (Å²) < 4.78 is 12.1. The largest absolute Gasteiger partial charge is 0.497 e. The van der Waals surface area contributed by atoms with Crippen molar-refractivity contribution in [2.75, 3.05) is 18.2 Å². The lowest BCUT2D eigenvalue weighted by Crippen LogP contribution is -2.24. The molecule has 2 amide bonds. The lowest BCUT2D eigenvalue weighted by atomic mass is 10.2. The summed E-state index contributed by atoms with van der Waals surface area (Å²) in [5, 5.41) is 14.5. The molecule has 37 heavy (non-hydrogen) atoms. The van der Waals surface area contributed by atoms with Crippen LogP contribution in [-0.4, -0.2) is 51.5 Å². The predicted octanol–water partition coefficient (Wildman–Crippen LogP) is 3.70. The number of hydrogen-bond acceptors (Lipinski definition) is 8. The molecule has 194 valence electrons. The van der Waals surface area contributed by atoms with E-state index in [9.17, 15) is 14.4 Å². The Balaban J connectivity index is 1.58. The van der Waals surface area contributed by atoms with Crippen LogP contribution in [0.1, 0.15) is 40.4 Å². The monoisotopic (exact) mass is 523 g/mol. The normalized spacial score (nSPS) is 10.6. The zero-order chi connectivity index (χ0) is 26.8. The minimum Gasteiger partial charge on any atom is -0.497 e. The Hall–Kier alpha value is -4.12. The Labute approximate surface area is 219 Å². The van der Waals surface area contributed by atoms with Gasteiger partial charge in [-0.15, -0.1) is 16.8 Å². The number of nitrogens with one attached hydrogen (secondary N) is 2. The van der Waals surface area contributed by atoms with E-state index in [0.717, 1.165) is 0 Å². The number of ether oxygens (including phenoxy) is 2. The van der Waals surface area contributed by atoms with E-state index in [1.54, 1.807) is 80.1 Å². The Morgan fingerprint density at radius 1 is 1.11 bits per heavy atom. The number of rotatable bonds is 12. The SMILES string of the molecule is C=CCn1c(CNC(=O)c2ccc(OC)cc2)nnc1SCC(=O)Nc1cccc(C(=O)OC(C)C)c1. The summed E-state index contributed by atoms with van der Waals surface area (Å²) in [5.41, 5.74) is 1.33. The summed E-state index contributed by atoms with van der Waals surface area (Å²) in [7, 11) is 1.56. The molecule has 0 saturated carbocycles. The first-order chi connectivity index (χ1) is 17.8. The van der Waals surface area contributed by atoms with Crippen molar-refractivity contribution in [3.63, 3.8) is 0 Å². The zero-order valence-corrected chi connectivity index (χ0v) is 21.7. The quantitative estimate of drug-likeness (QED) is 0.209. The first-order valence-electron chi connectivity index (χ1n) is 11.5. The third-order valence-corrected chi connectivity index (χ3v) is 5.89. The van der Waals surface area contributed by atoms with Crippen LogP contribution in [0.25, 0.3) is 0 Å². The second-order valence-electron chi connectivity index (χ2n) is 8.08. The van der Waals surface area contributed by atoms with E-state index in [0.29, 0.717) is 40.1 Å². The van der Waals surface area contributed by atoms with Crippen molar-refractivity contribution >= 4 is 35.2 Å². The van der Waals surface area contributed by atoms with Crippen molar-refractivity contribution < 1.29 is 23.9 Å². The maximum absolute atomic E-state index is 12.5. The third-order valence-electron chi connectivity index (χ3n) is 4.92. The van der Waals surface area contributed by atoms with Crippen molar-refractivity contribution in [3.8, 4) is 5.75 Å². The van der Waals surface area contributed by atoms with E-state index in [-0.39, 0.29) is 30.2 Å². The number of aromatic nitrogens is 3. The van der Waals surface area contributed by atoms with Gasteiger partial charge in [0.1, 0.15) is 5.75 Å². The van der Waals surface area contributed by atoms with Crippen LogP contribution >= 0.6 is 11.8 Å². The minimum absolute atomic E-state index is 0.0636. The van der Waals surface area contributed by atoms with Gasteiger partial charge in [0, 0.05) is 17.8 Å². The molecule has 0 aliphatic carbocycles. The number of hydrogen-bond donors (Lipinski definition) is 2. The van der Waals surface area contributed by atoms with Crippen LogP contribution in [0.15, 0.2) is 66.3 Å². The molecule has 11 heteroatoms. The van der Waals surface area contributed by atoms with Crippen LogP contribution in [0, 0.1) is 0 Å². The number of carbonyl (C=O) groups excluding carboxylic acids is 3. The van der Waals surface area contributed by atoms with E-state index in [1.165, 1.54) is 11.8 Å². The molecule has 1 aromatic heterocycles. The smallest absolute Gasteiger partial charge is 0.338 e. The Bertz CT molecular complexity index is 1260. The standard InChI is InChI=1S/C26H29N5O5S/c1-5-13-31-22(15-27-24(33)18-9-11-21(35-4)12-10-18)29-30-26(31)37-16-23(32)28-20-8-6-7-19(14-20)25(34)36-17(2)3/h5-12,14,17H,1,13,15-16H2,2-4H3,(H,27,33)(H,28,32). The van der Waals surface area contributed by atoms with E-state index in [2.05, 4.69) is 27.4 Å². The lowest BCUT2D eigenvalue weighted by Gasteiger charge is -2.10. The molecule has 0 spiro atoms. The highest BCUT2D eigenvalue weighted by atomic mass is 32.2. The maximum atomic E-state index is 12.5. The number of nitrogens with zero attached hydrogens (tertiary/aromatic N) is 3. The molecule has 2 N–H and O–H groups in total. The number of amides is 2. The molecule has 2 aromatic carbocycles. The summed E-state index contributed by atoms with van der Waals surface area (Å²) in [6.07, 6.45) is 1.44. The fourth-order valence-electron chi connectivity index (χ4n) is 3.21. The highest BCUT2D eigenvalue weighted by Crippen LogP contribution is 2.19. The molecule has 1 heterocycles. The van der Waals surface area contributed by atoms with Crippen molar-refractivity contribution in [2.45, 2.75) is 38.2 Å². The summed E-state index contributed by atoms with van der Waals surface area (Å²) in [5.74, 6) is 0.263. The third kappa shape index (κ3) is 7.94. The molecule has 0 aliphatic rings. The van der Waals surface area contributed by atoms with Gasteiger partial charge in [0.05, 0.1) is 31.1 Å². The fraction of sp³-hybridized carbons (Fsp3) is 0.269. The van der Waals surface area contributed by atoms with Crippen molar-refractivity contribution in [2.24, 2.45) is 0 Å². The first kappa shape index (κ1) is 27.5. The average Bonchev–Trinajstić information content (AvgIpc) is 3.27. The maximum Gasteiger partial charge on any atom is 0.338 e. The summed E-state index contributed by atoms with van der Waals surface area (Å²) in [4.78, 5) is 37.1. The number of esters is 1. The van der Waals surface area contributed by atoms with Crippen molar-refractivity contribution in [1.82, 2.24) is 20.1 Å². The van der Waals surface area contributed by atoms with Crippen LogP contribution in [0.3, 0.4) is 0 Å². The van der Waals surface area contributed by atoms with Crippen LogP contribution < -0.4 is 15.4 Å². The number of benzene rings is 2. The second-order valence-corrected chi connectivity index (χ2v) is 9.02. The van der Waals surface area contributed by atoms with Gasteiger partial charge >= 0.3 is 5.97 Å². The van der Waals surface area contributed by atoms with E-state index >= 15 is 0 Å². The molecule has 0 aliphatic heterocycles. The molecule has 0 unspecified atom stereocenters. The molecular weight excluding hydrogens is 494 g/mol. The molecular formula is C26H29N5O5S. The number of methoxy groups -OCH3 is 1. The lowest BCUT2D eigenvalue weighted by molar-refractivity contribution is -0.113. The Morgan fingerprint density at radius 3 is 2.54 bits per heavy atom. The van der Waals surface area contributed by atoms with Gasteiger partial charge in [0.15, 0.2) is 11.0 Å². The molecule has 0 atom stereocenters. The van der Waals surface area contributed by atoms with Crippen molar-refractivity contribution in [1.29, 1.82) is 0 Å². The number of carbonyl (C=O) groups is 3.